The zero-order chi connectivity index (χ0) is 24.9. The van der Waals surface area contributed by atoms with Gasteiger partial charge in [0, 0.05) is 15.6 Å². The lowest BCUT2D eigenvalue weighted by atomic mass is 10.1. The van der Waals surface area contributed by atoms with Gasteiger partial charge in [-0.05, 0) is 82.7 Å². The van der Waals surface area contributed by atoms with E-state index in [9.17, 15) is 9.59 Å². The summed E-state index contributed by atoms with van der Waals surface area (Å²) in [6.45, 7) is 2.80. The SMILES string of the molecule is CCOc1cc(/C=C2\SC(=O)N(Cc3ccccc3)C2=O)cc(I)c1OCc1ccc(Cl)cc1Cl. The van der Waals surface area contributed by atoms with E-state index in [-0.39, 0.29) is 24.3 Å². The van der Waals surface area contributed by atoms with Crippen molar-refractivity contribution in [1.82, 2.24) is 4.90 Å². The maximum absolute atomic E-state index is 12.9. The minimum Gasteiger partial charge on any atom is -0.490 e. The van der Waals surface area contributed by atoms with E-state index < -0.39 is 0 Å². The van der Waals surface area contributed by atoms with Crippen LogP contribution in [-0.2, 0) is 17.9 Å². The number of rotatable bonds is 8. The molecular formula is C26H20Cl2INO4S. The number of carbonyl (C=O) groups excluding carboxylic acids is 2. The van der Waals surface area contributed by atoms with Crippen molar-refractivity contribution in [3.8, 4) is 11.5 Å². The summed E-state index contributed by atoms with van der Waals surface area (Å²) in [4.78, 5) is 27.1. The molecule has 1 saturated heterocycles. The number of carbonyl (C=O) groups is 2. The van der Waals surface area contributed by atoms with Gasteiger partial charge in [-0.3, -0.25) is 14.5 Å². The van der Waals surface area contributed by atoms with Gasteiger partial charge < -0.3 is 9.47 Å². The molecular weight excluding hydrogens is 620 g/mol. The van der Waals surface area contributed by atoms with E-state index in [4.69, 9.17) is 32.7 Å². The molecule has 4 rings (SSSR count). The molecule has 1 fully saturated rings. The number of nitrogens with zero attached hydrogens (tertiary/aromatic N) is 1. The van der Waals surface area contributed by atoms with Gasteiger partial charge in [-0.2, -0.15) is 0 Å². The fourth-order valence-electron chi connectivity index (χ4n) is 3.42. The number of hydrogen-bond donors (Lipinski definition) is 0. The van der Waals surface area contributed by atoms with Crippen molar-refractivity contribution in [3.05, 3.63) is 95.9 Å². The van der Waals surface area contributed by atoms with Gasteiger partial charge in [0.05, 0.1) is 21.6 Å². The minimum absolute atomic E-state index is 0.240. The average molecular weight is 640 g/mol. The molecule has 180 valence electrons. The molecule has 0 saturated carbocycles. The highest BCUT2D eigenvalue weighted by Gasteiger charge is 2.35. The summed E-state index contributed by atoms with van der Waals surface area (Å²) in [6.07, 6.45) is 1.71. The Hall–Kier alpha value is -2.20. The van der Waals surface area contributed by atoms with Crippen molar-refractivity contribution in [2.24, 2.45) is 0 Å². The molecule has 0 atom stereocenters. The lowest BCUT2D eigenvalue weighted by Gasteiger charge is -2.15. The summed E-state index contributed by atoms with van der Waals surface area (Å²) in [6, 6.07) is 18.4. The monoisotopic (exact) mass is 639 g/mol. The molecule has 0 aromatic heterocycles. The van der Waals surface area contributed by atoms with Gasteiger partial charge in [-0.25, -0.2) is 0 Å². The Balaban J connectivity index is 1.56. The van der Waals surface area contributed by atoms with Crippen LogP contribution < -0.4 is 9.47 Å². The van der Waals surface area contributed by atoms with Crippen LogP contribution in [0.1, 0.15) is 23.6 Å². The Kier molecular flexibility index (Phi) is 8.64. The van der Waals surface area contributed by atoms with Gasteiger partial charge >= 0.3 is 0 Å². The molecule has 1 aliphatic rings. The number of thioether (sulfide) groups is 1. The van der Waals surface area contributed by atoms with Gasteiger partial charge in [0.1, 0.15) is 6.61 Å². The number of benzene rings is 3. The van der Waals surface area contributed by atoms with E-state index in [1.165, 1.54) is 4.90 Å². The largest absolute Gasteiger partial charge is 0.490 e. The van der Waals surface area contributed by atoms with Gasteiger partial charge in [0.15, 0.2) is 11.5 Å². The molecule has 1 heterocycles. The zero-order valence-electron chi connectivity index (χ0n) is 18.6. The molecule has 2 amide bonds. The highest BCUT2D eigenvalue weighted by Crippen LogP contribution is 2.38. The van der Waals surface area contributed by atoms with Crippen LogP contribution in [0, 0.1) is 3.57 Å². The lowest BCUT2D eigenvalue weighted by molar-refractivity contribution is -0.123. The quantitative estimate of drug-likeness (QED) is 0.186. The Labute approximate surface area is 231 Å². The van der Waals surface area contributed by atoms with Crippen molar-refractivity contribution in [2.45, 2.75) is 20.1 Å². The highest BCUT2D eigenvalue weighted by molar-refractivity contribution is 14.1. The Bertz CT molecular complexity index is 1300. The van der Waals surface area contributed by atoms with Crippen LogP contribution in [0.3, 0.4) is 0 Å². The second-order valence-electron chi connectivity index (χ2n) is 7.54. The molecule has 0 unspecified atom stereocenters. The summed E-state index contributed by atoms with van der Waals surface area (Å²) in [5.74, 6) is 0.807. The van der Waals surface area contributed by atoms with Crippen molar-refractivity contribution in [1.29, 1.82) is 0 Å². The molecule has 3 aromatic carbocycles. The topological polar surface area (TPSA) is 55.8 Å². The third-order valence-electron chi connectivity index (χ3n) is 5.07. The van der Waals surface area contributed by atoms with Crippen molar-refractivity contribution in [3.63, 3.8) is 0 Å². The molecule has 1 aliphatic heterocycles. The summed E-state index contributed by atoms with van der Waals surface area (Å²) in [5, 5.41) is 0.791. The lowest BCUT2D eigenvalue weighted by Crippen LogP contribution is -2.27. The van der Waals surface area contributed by atoms with Crippen molar-refractivity contribution < 1.29 is 19.1 Å². The number of imide groups is 1. The molecule has 35 heavy (non-hydrogen) atoms. The fraction of sp³-hybridized carbons (Fsp3) is 0.154. The summed E-state index contributed by atoms with van der Waals surface area (Å²) in [5.41, 5.74) is 2.43. The summed E-state index contributed by atoms with van der Waals surface area (Å²) >= 11 is 15.4. The summed E-state index contributed by atoms with van der Waals surface area (Å²) < 4.78 is 12.7. The molecule has 0 spiro atoms. The van der Waals surface area contributed by atoms with Gasteiger partial charge in [-0.15, -0.1) is 0 Å². The normalized spacial score (nSPS) is 14.6. The first-order valence-electron chi connectivity index (χ1n) is 10.7. The summed E-state index contributed by atoms with van der Waals surface area (Å²) in [7, 11) is 0. The molecule has 9 heteroatoms. The van der Waals surface area contributed by atoms with Crippen LogP contribution in [-0.4, -0.2) is 22.7 Å². The van der Waals surface area contributed by atoms with Gasteiger partial charge in [-0.1, -0.05) is 59.6 Å². The Morgan fingerprint density at radius 2 is 1.80 bits per heavy atom. The number of amides is 2. The van der Waals surface area contributed by atoms with Gasteiger partial charge in [0.25, 0.3) is 11.1 Å². The molecule has 0 N–H and O–H groups in total. The standard InChI is InChI=1S/C26H20Cl2INO4S/c1-2-33-22-11-17(10-21(29)24(22)34-15-18-8-9-19(27)13-20(18)28)12-23-25(31)30(26(32)35-23)14-16-6-4-3-5-7-16/h3-13H,2,14-15H2,1H3/b23-12-. The van der Waals surface area contributed by atoms with Crippen LogP contribution >= 0.6 is 57.6 Å². The maximum atomic E-state index is 12.9. The third kappa shape index (κ3) is 6.33. The fourth-order valence-corrected chi connectivity index (χ4v) is 5.50. The average Bonchev–Trinajstić information content (AvgIpc) is 3.08. The second-order valence-corrected chi connectivity index (χ2v) is 10.5. The number of halogens is 3. The molecule has 3 aromatic rings. The number of hydrogen-bond acceptors (Lipinski definition) is 5. The molecule has 5 nitrogen and oxygen atoms in total. The van der Waals surface area contributed by atoms with Gasteiger partial charge in [0.2, 0.25) is 0 Å². The van der Waals surface area contributed by atoms with Crippen LogP contribution in [0.2, 0.25) is 10.0 Å². The maximum Gasteiger partial charge on any atom is 0.293 e. The molecule has 0 radical (unpaired) electrons. The van der Waals surface area contributed by atoms with E-state index in [1.807, 2.05) is 49.4 Å². The van der Waals surface area contributed by atoms with Crippen molar-refractivity contribution in [2.75, 3.05) is 6.61 Å². The first-order valence-corrected chi connectivity index (χ1v) is 13.3. The van der Waals surface area contributed by atoms with Crippen LogP contribution in [0.5, 0.6) is 11.5 Å². The first kappa shape index (κ1) is 25.9. The van der Waals surface area contributed by atoms with Crippen LogP contribution in [0.25, 0.3) is 6.08 Å². The second kappa shape index (κ2) is 11.7. The van der Waals surface area contributed by atoms with E-state index in [0.29, 0.717) is 33.1 Å². The van der Waals surface area contributed by atoms with Crippen LogP contribution in [0.4, 0.5) is 4.79 Å². The van der Waals surface area contributed by atoms with E-state index in [0.717, 1.165) is 32.0 Å². The Morgan fingerprint density at radius 3 is 2.51 bits per heavy atom. The first-order chi connectivity index (χ1) is 16.9. The van der Waals surface area contributed by atoms with Crippen molar-refractivity contribution >= 4 is 74.8 Å². The Morgan fingerprint density at radius 1 is 1.03 bits per heavy atom. The van der Waals surface area contributed by atoms with Crippen LogP contribution in [0.15, 0.2) is 65.6 Å². The predicted molar refractivity (Wildman–Crippen MR) is 149 cm³/mol. The number of ether oxygens (including phenoxy) is 2. The predicted octanol–water partition coefficient (Wildman–Crippen LogP) is 7.81. The molecule has 0 bridgehead atoms. The van der Waals surface area contributed by atoms with E-state index in [1.54, 1.807) is 24.3 Å². The minimum atomic E-state index is -0.311. The van der Waals surface area contributed by atoms with E-state index >= 15 is 0 Å². The third-order valence-corrected chi connectivity index (χ3v) is 7.37. The molecule has 0 aliphatic carbocycles. The van der Waals surface area contributed by atoms with E-state index in [2.05, 4.69) is 22.6 Å². The zero-order valence-corrected chi connectivity index (χ0v) is 23.1. The smallest absolute Gasteiger partial charge is 0.293 e. The highest BCUT2D eigenvalue weighted by atomic mass is 127.